The first-order valence-electron chi connectivity index (χ1n) is 6.60. The van der Waals surface area contributed by atoms with E-state index < -0.39 is 12.1 Å². The summed E-state index contributed by atoms with van der Waals surface area (Å²) in [5.74, 6) is -0.795. The van der Waals surface area contributed by atoms with Crippen LogP contribution in [0, 0.1) is 13.8 Å². The summed E-state index contributed by atoms with van der Waals surface area (Å²) in [6.45, 7) is 8.69. The molecule has 112 valence electrons. The molecule has 0 saturated heterocycles. The van der Waals surface area contributed by atoms with E-state index in [2.05, 4.69) is 10.3 Å². The average molecular weight is 282 g/mol. The number of ether oxygens (including phenoxy) is 1. The van der Waals surface area contributed by atoms with Crippen molar-refractivity contribution in [1.82, 2.24) is 10.3 Å². The molecule has 20 heavy (non-hydrogen) atoms. The van der Waals surface area contributed by atoms with Gasteiger partial charge in [0.2, 0.25) is 0 Å². The van der Waals surface area contributed by atoms with Gasteiger partial charge in [0.1, 0.15) is 5.69 Å². The third-order valence-electron chi connectivity index (χ3n) is 2.77. The molecular formula is C14H22N2O4. The second kappa shape index (κ2) is 6.56. The summed E-state index contributed by atoms with van der Waals surface area (Å²) >= 11 is 0. The molecule has 0 spiro atoms. The number of esters is 1. The molecule has 3 N–H and O–H groups in total. The lowest BCUT2D eigenvalue weighted by atomic mass is 10.1. The van der Waals surface area contributed by atoms with Crippen molar-refractivity contribution in [3.63, 3.8) is 0 Å². The van der Waals surface area contributed by atoms with E-state index in [1.807, 2.05) is 0 Å². The van der Waals surface area contributed by atoms with Gasteiger partial charge in [-0.15, -0.1) is 0 Å². The summed E-state index contributed by atoms with van der Waals surface area (Å²) < 4.78 is 5.16. The Morgan fingerprint density at radius 2 is 1.90 bits per heavy atom. The zero-order valence-corrected chi connectivity index (χ0v) is 12.5. The predicted molar refractivity (Wildman–Crippen MR) is 74.8 cm³/mol. The van der Waals surface area contributed by atoms with Gasteiger partial charge in [0.15, 0.2) is 0 Å². The van der Waals surface area contributed by atoms with E-state index in [9.17, 15) is 9.59 Å². The van der Waals surface area contributed by atoms with Gasteiger partial charge in [0.25, 0.3) is 5.91 Å². The quantitative estimate of drug-likeness (QED) is 0.710. The molecule has 1 unspecified atom stereocenters. The van der Waals surface area contributed by atoms with Crippen LogP contribution in [0.1, 0.15) is 52.9 Å². The highest BCUT2D eigenvalue weighted by Gasteiger charge is 2.23. The van der Waals surface area contributed by atoms with Gasteiger partial charge in [-0.1, -0.05) is 0 Å². The van der Waals surface area contributed by atoms with Crippen molar-refractivity contribution < 1.29 is 19.4 Å². The summed E-state index contributed by atoms with van der Waals surface area (Å²) in [5, 5.41) is 11.8. The lowest BCUT2D eigenvalue weighted by molar-refractivity contribution is 0.0376. The first-order valence-corrected chi connectivity index (χ1v) is 6.60. The molecule has 1 atom stereocenters. The Kier molecular flexibility index (Phi) is 5.33. The average Bonchev–Trinajstić information content (AvgIpc) is 2.60. The second-order valence-corrected chi connectivity index (χ2v) is 5.14. The van der Waals surface area contributed by atoms with Crippen LogP contribution >= 0.6 is 0 Å². The van der Waals surface area contributed by atoms with Crippen LogP contribution in [0.3, 0.4) is 0 Å². The van der Waals surface area contributed by atoms with Crippen molar-refractivity contribution in [2.45, 2.75) is 46.8 Å². The Labute approximate surface area is 118 Å². The molecule has 1 aromatic heterocycles. The van der Waals surface area contributed by atoms with Crippen molar-refractivity contribution in [3.8, 4) is 0 Å². The van der Waals surface area contributed by atoms with Crippen LogP contribution in [-0.2, 0) is 4.74 Å². The van der Waals surface area contributed by atoms with Crippen LogP contribution in [0.2, 0.25) is 0 Å². The number of aromatic nitrogens is 1. The van der Waals surface area contributed by atoms with Crippen molar-refractivity contribution in [3.05, 3.63) is 22.5 Å². The van der Waals surface area contributed by atoms with E-state index in [0.717, 1.165) is 0 Å². The van der Waals surface area contributed by atoms with Crippen molar-refractivity contribution in [1.29, 1.82) is 0 Å². The molecule has 0 aliphatic heterocycles. The SMILES string of the molecule is Cc1[nH]c(C(=O)NCC(C)O)c(C)c1C(=O)OC(C)C. The van der Waals surface area contributed by atoms with E-state index in [-0.39, 0.29) is 18.6 Å². The number of aromatic amines is 1. The number of carbonyl (C=O) groups is 2. The first kappa shape index (κ1) is 16.2. The van der Waals surface area contributed by atoms with E-state index in [0.29, 0.717) is 22.5 Å². The van der Waals surface area contributed by atoms with Gasteiger partial charge in [-0.3, -0.25) is 4.79 Å². The predicted octanol–water partition coefficient (Wildman–Crippen LogP) is 1.31. The molecule has 0 fully saturated rings. The molecule has 0 bridgehead atoms. The Morgan fingerprint density at radius 1 is 1.30 bits per heavy atom. The smallest absolute Gasteiger partial charge is 0.340 e. The van der Waals surface area contributed by atoms with Crippen molar-refractivity contribution >= 4 is 11.9 Å². The maximum atomic E-state index is 12.0. The maximum absolute atomic E-state index is 12.0. The molecule has 1 rings (SSSR count). The van der Waals surface area contributed by atoms with Crippen LogP contribution in [0.25, 0.3) is 0 Å². The number of hydrogen-bond donors (Lipinski definition) is 3. The number of H-pyrrole nitrogens is 1. The molecular weight excluding hydrogens is 260 g/mol. The lowest BCUT2D eigenvalue weighted by Gasteiger charge is -2.08. The summed E-state index contributed by atoms with van der Waals surface area (Å²) in [6, 6.07) is 0. The van der Waals surface area contributed by atoms with Crippen molar-refractivity contribution in [2.24, 2.45) is 0 Å². The van der Waals surface area contributed by atoms with Gasteiger partial charge in [-0.25, -0.2) is 4.79 Å². The largest absolute Gasteiger partial charge is 0.459 e. The number of aryl methyl sites for hydroxylation is 1. The number of aliphatic hydroxyl groups is 1. The standard InChI is InChI=1S/C14H22N2O4/c1-7(2)20-14(19)11-9(4)12(16-10(11)5)13(18)15-6-8(3)17/h7-8,16-17H,6H2,1-5H3,(H,15,18). The minimum atomic E-state index is -0.624. The molecule has 6 heteroatoms. The molecule has 6 nitrogen and oxygen atoms in total. The van der Waals surface area contributed by atoms with E-state index >= 15 is 0 Å². The number of carbonyl (C=O) groups excluding carboxylic acids is 2. The van der Waals surface area contributed by atoms with E-state index in [1.165, 1.54) is 0 Å². The topological polar surface area (TPSA) is 91.4 Å². The molecule has 0 saturated carbocycles. The third-order valence-corrected chi connectivity index (χ3v) is 2.77. The highest BCUT2D eigenvalue weighted by Crippen LogP contribution is 2.19. The van der Waals surface area contributed by atoms with E-state index in [4.69, 9.17) is 9.84 Å². The van der Waals surface area contributed by atoms with Gasteiger partial charge in [0, 0.05) is 12.2 Å². The zero-order chi connectivity index (χ0) is 15.4. The molecule has 0 aliphatic rings. The Bertz CT molecular complexity index is 504. The fourth-order valence-electron chi connectivity index (χ4n) is 1.89. The van der Waals surface area contributed by atoms with Gasteiger partial charge in [0.05, 0.1) is 17.8 Å². The van der Waals surface area contributed by atoms with Crippen LogP contribution in [0.5, 0.6) is 0 Å². The van der Waals surface area contributed by atoms with E-state index in [1.54, 1.807) is 34.6 Å². The minimum absolute atomic E-state index is 0.155. The molecule has 1 aromatic rings. The lowest BCUT2D eigenvalue weighted by Crippen LogP contribution is -2.31. The van der Waals surface area contributed by atoms with Crippen LogP contribution in [0.15, 0.2) is 0 Å². The van der Waals surface area contributed by atoms with Gasteiger partial charge in [-0.05, 0) is 40.2 Å². The zero-order valence-electron chi connectivity index (χ0n) is 12.5. The highest BCUT2D eigenvalue weighted by atomic mass is 16.5. The van der Waals surface area contributed by atoms with Gasteiger partial charge in [-0.2, -0.15) is 0 Å². The summed E-state index contributed by atoms with van der Waals surface area (Å²) in [4.78, 5) is 26.9. The first-order chi connectivity index (χ1) is 9.23. The van der Waals surface area contributed by atoms with Gasteiger partial charge < -0.3 is 20.1 Å². The molecule has 0 aromatic carbocycles. The Hall–Kier alpha value is -1.82. The normalized spacial score (nSPS) is 12.3. The fraction of sp³-hybridized carbons (Fsp3) is 0.571. The highest BCUT2D eigenvalue weighted by molar-refractivity contribution is 6.00. The van der Waals surface area contributed by atoms with Crippen LogP contribution in [0.4, 0.5) is 0 Å². The Morgan fingerprint density at radius 3 is 2.40 bits per heavy atom. The van der Waals surface area contributed by atoms with Crippen molar-refractivity contribution in [2.75, 3.05) is 6.54 Å². The number of rotatable bonds is 5. The van der Waals surface area contributed by atoms with Crippen LogP contribution in [-0.4, -0.2) is 40.7 Å². The maximum Gasteiger partial charge on any atom is 0.340 e. The molecule has 1 heterocycles. The summed E-state index contributed by atoms with van der Waals surface area (Å²) in [5.41, 5.74) is 1.85. The number of nitrogens with one attached hydrogen (secondary N) is 2. The number of amides is 1. The molecule has 0 radical (unpaired) electrons. The summed E-state index contributed by atoms with van der Waals surface area (Å²) in [7, 11) is 0. The molecule has 0 aliphatic carbocycles. The summed E-state index contributed by atoms with van der Waals surface area (Å²) in [6.07, 6.45) is -0.843. The molecule has 1 amide bonds. The van der Waals surface area contributed by atoms with Gasteiger partial charge >= 0.3 is 5.97 Å². The fourth-order valence-corrected chi connectivity index (χ4v) is 1.89. The van der Waals surface area contributed by atoms with Crippen LogP contribution < -0.4 is 5.32 Å². The Balaban J connectivity index is 2.96. The number of aliphatic hydroxyl groups excluding tert-OH is 1. The third kappa shape index (κ3) is 3.84. The monoisotopic (exact) mass is 282 g/mol. The number of hydrogen-bond acceptors (Lipinski definition) is 4. The second-order valence-electron chi connectivity index (χ2n) is 5.14. The minimum Gasteiger partial charge on any atom is -0.459 e.